The standard InChI is InChI=1S/C22H18FN2O.C17H22NSi.Ir/c23-20-9-8-17-16-6-3-7-18(21(16)26-22(17)25-20)19-13-15(10-11-24-19)12-14-4-1-2-5-14;1-13(2)15-11-16(14-9-7-6-8-10-14)18-12-17(15)19(3,4)5;/h3,6,8-11,13-14H,1-2,4-5,12H2;6-9,11-13H,1-5H3;/q2*-1;/i;13D;. The number of hydrogen-bond donors (Lipinski definition) is 0. The molecule has 7 rings (SSSR count). The molecule has 0 saturated heterocycles. The molecule has 1 saturated carbocycles. The third-order valence-corrected chi connectivity index (χ3v) is 10.6. The molecule has 1 aliphatic rings. The van der Waals surface area contributed by atoms with Gasteiger partial charge in [0.25, 0.3) is 0 Å². The van der Waals surface area contributed by atoms with Gasteiger partial charge in [-0.3, -0.25) is 0 Å². The molecule has 0 atom stereocenters. The van der Waals surface area contributed by atoms with Gasteiger partial charge in [-0.1, -0.05) is 93.4 Å². The first-order valence-corrected chi connectivity index (χ1v) is 19.3. The van der Waals surface area contributed by atoms with Gasteiger partial charge < -0.3 is 14.4 Å². The first kappa shape index (κ1) is 32.4. The van der Waals surface area contributed by atoms with Crippen LogP contribution in [0.25, 0.3) is 44.6 Å². The van der Waals surface area contributed by atoms with Crippen molar-refractivity contribution in [1.82, 2.24) is 15.0 Å². The topological polar surface area (TPSA) is 51.8 Å². The number of halogens is 1. The Bertz CT molecular complexity index is 1980. The van der Waals surface area contributed by atoms with Crippen molar-refractivity contribution < 1.29 is 30.3 Å². The monoisotopic (exact) mass is 807 g/mol. The summed E-state index contributed by atoms with van der Waals surface area (Å²) in [6.45, 7) is 10.8. The average molecular weight is 807 g/mol. The van der Waals surface area contributed by atoms with E-state index >= 15 is 0 Å². The van der Waals surface area contributed by atoms with Gasteiger partial charge in [-0.15, -0.1) is 54.1 Å². The van der Waals surface area contributed by atoms with Gasteiger partial charge in [0.05, 0.1) is 13.7 Å². The molecule has 239 valence electrons. The van der Waals surface area contributed by atoms with Gasteiger partial charge in [0.2, 0.25) is 11.7 Å². The van der Waals surface area contributed by atoms with Crippen LogP contribution in [0, 0.1) is 24.0 Å². The minimum atomic E-state index is -1.50. The number of hydrogen-bond acceptors (Lipinski definition) is 4. The Morgan fingerprint density at radius 3 is 2.48 bits per heavy atom. The molecular formula is C39H40FIrN3OSi-2. The second kappa shape index (κ2) is 14.5. The Labute approximate surface area is 287 Å². The maximum Gasteiger partial charge on any atom is 0.218 e. The summed E-state index contributed by atoms with van der Waals surface area (Å²) in [5, 5.41) is 2.99. The zero-order valence-electron chi connectivity index (χ0n) is 28.1. The number of fused-ring (bicyclic) bond motifs is 3. The Morgan fingerprint density at radius 2 is 1.76 bits per heavy atom. The zero-order valence-corrected chi connectivity index (χ0v) is 30.5. The SMILES string of the molecule is Fc1ccc2c(n1)oc1c(-c3cc(CC4CCCC4)ccn3)[c-]ccc12.[2H]C(C)(C)c1cc(-c2[c-]cccc2)ncc1[Si](C)(C)C.[Ir]. The Hall–Kier alpha value is -3.51. The van der Waals surface area contributed by atoms with Crippen LogP contribution in [0.4, 0.5) is 4.39 Å². The van der Waals surface area contributed by atoms with Gasteiger partial charge in [-0.2, -0.15) is 9.37 Å². The Morgan fingerprint density at radius 1 is 0.957 bits per heavy atom. The van der Waals surface area contributed by atoms with Crippen LogP contribution in [-0.2, 0) is 26.5 Å². The maximum absolute atomic E-state index is 13.4. The molecule has 1 fully saturated rings. The summed E-state index contributed by atoms with van der Waals surface area (Å²) < 4.78 is 27.8. The molecule has 0 aliphatic heterocycles. The molecule has 0 amide bonds. The molecule has 4 nitrogen and oxygen atoms in total. The summed E-state index contributed by atoms with van der Waals surface area (Å²) in [4.78, 5) is 13.0. The van der Waals surface area contributed by atoms with Gasteiger partial charge >= 0.3 is 0 Å². The number of benzene rings is 2. The van der Waals surface area contributed by atoms with Gasteiger partial charge in [-0.05, 0) is 53.0 Å². The average Bonchev–Trinajstić information content (AvgIpc) is 3.68. The van der Waals surface area contributed by atoms with E-state index in [-0.39, 0.29) is 20.1 Å². The van der Waals surface area contributed by atoms with Gasteiger partial charge in [-0.25, -0.2) is 0 Å². The molecule has 46 heavy (non-hydrogen) atoms. The number of furan rings is 1. The van der Waals surface area contributed by atoms with Crippen molar-refractivity contribution in [1.29, 1.82) is 0 Å². The normalized spacial score (nSPS) is 14.1. The predicted octanol–water partition coefficient (Wildman–Crippen LogP) is 9.93. The van der Waals surface area contributed by atoms with E-state index in [1.165, 1.54) is 42.5 Å². The molecule has 6 aromatic rings. The van der Waals surface area contributed by atoms with E-state index in [9.17, 15) is 4.39 Å². The van der Waals surface area contributed by atoms with E-state index in [1.54, 1.807) is 6.07 Å². The molecule has 1 aliphatic carbocycles. The van der Waals surface area contributed by atoms with Crippen LogP contribution in [0.15, 0.2) is 83.5 Å². The molecule has 1 radical (unpaired) electrons. The number of aromatic nitrogens is 3. The number of pyridine rings is 3. The van der Waals surface area contributed by atoms with E-state index < -0.39 is 19.9 Å². The van der Waals surface area contributed by atoms with Crippen LogP contribution in [-0.4, -0.2) is 23.0 Å². The smallest absolute Gasteiger partial charge is 0.218 e. The molecule has 4 heterocycles. The van der Waals surface area contributed by atoms with Crippen molar-refractivity contribution >= 4 is 35.3 Å². The minimum Gasteiger partial charge on any atom is -0.486 e. The first-order valence-electron chi connectivity index (χ1n) is 16.3. The van der Waals surface area contributed by atoms with Crippen LogP contribution < -0.4 is 5.19 Å². The fourth-order valence-electron chi connectivity index (χ4n) is 6.24. The van der Waals surface area contributed by atoms with E-state index in [4.69, 9.17) is 5.79 Å². The van der Waals surface area contributed by atoms with Gasteiger partial charge in [0.1, 0.15) is 0 Å². The maximum atomic E-state index is 13.4. The molecule has 0 spiro atoms. The number of rotatable bonds is 6. The Balaban J connectivity index is 0.000000188. The van der Waals surface area contributed by atoms with E-state index in [0.717, 1.165) is 51.2 Å². The zero-order chi connectivity index (χ0) is 32.5. The fraction of sp³-hybridized carbons (Fsp3) is 0.308. The molecule has 2 aromatic carbocycles. The summed E-state index contributed by atoms with van der Waals surface area (Å²) in [5.41, 5.74) is 6.89. The van der Waals surface area contributed by atoms with Gasteiger partial charge in [0.15, 0.2) is 0 Å². The summed E-state index contributed by atoms with van der Waals surface area (Å²) >= 11 is 0. The van der Waals surface area contributed by atoms with Crippen molar-refractivity contribution in [3.05, 3.63) is 108 Å². The van der Waals surface area contributed by atoms with Crippen molar-refractivity contribution in [2.75, 3.05) is 0 Å². The van der Waals surface area contributed by atoms with E-state index in [0.29, 0.717) is 11.3 Å². The first-order chi connectivity index (χ1) is 22.0. The Kier molecular flexibility index (Phi) is 10.2. The number of nitrogens with zero attached hydrogens (tertiary/aromatic N) is 3. The van der Waals surface area contributed by atoms with Crippen LogP contribution in [0.2, 0.25) is 19.6 Å². The van der Waals surface area contributed by atoms with Crippen molar-refractivity contribution in [3.63, 3.8) is 0 Å². The van der Waals surface area contributed by atoms with Crippen molar-refractivity contribution in [2.45, 2.75) is 71.5 Å². The molecule has 0 N–H and O–H groups in total. The molecule has 4 aromatic heterocycles. The van der Waals surface area contributed by atoms with Crippen LogP contribution in [0.5, 0.6) is 0 Å². The molecule has 7 heteroatoms. The largest absolute Gasteiger partial charge is 0.486 e. The van der Waals surface area contributed by atoms with E-state index in [2.05, 4.69) is 64.9 Å². The van der Waals surface area contributed by atoms with Gasteiger partial charge in [0, 0.05) is 39.3 Å². The third kappa shape index (κ3) is 7.54. The summed E-state index contributed by atoms with van der Waals surface area (Å²) in [6.07, 6.45) is 10.3. The quantitative estimate of drug-likeness (QED) is 0.0956. The molecule has 0 unspecified atom stereocenters. The predicted molar refractivity (Wildman–Crippen MR) is 185 cm³/mol. The summed E-state index contributed by atoms with van der Waals surface area (Å²) in [5.74, 6) is -0.371. The summed E-state index contributed by atoms with van der Waals surface area (Å²) in [6, 6.07) is 27.5. The minimum absolute atomic E-state index is 0. The summed E-state index contributed by atoms with van der Waals surface area (Å²) in [7, 11) is -1.50. The molecular weight excluding hydrogens is 766 g/mol. The van der Waals surface area contributed by atoms with Crippen LogP contribution >= 0.6 is 0 Å². The van der Waals surface area contributed by atoms with Crippen LogP contribution in [0.1, 0.15) is 57.9 Å². The fourth-order valence-corrected chi connectivity index (χ4v) is 7.82. The molecule has 0 bridgehead atoms. The third-order valence-electron chi connectivity index (χ3n) is 8.58. The van der Waals surface area contributed by atoms with Crippen molar-refractivity contribution in [2.24, 2.45) is 5.92 Å². The van der Waals surface area contributed by atoms with E-state index in [1.807, 2.05) is 62.6 Å². The van der Waals surface area contributed by atoms with Crippen molar-refractivity contribution in [3.8, 4) is 22.5 Å². The second-order valence-corrected chi connectivity index (χ2v) is 18.3. The second-order valence-electron chi connectivity index (χ2n) is 13.2. The van der Waals surface area contributed by atoms with Crippen LogP contribution in [0.3, 0.4) is 0 Å².